The molecule has 1 amide bonds. The van der Waals surface area contributed by atoms with E-state index >= 15 is 0 Å². The molecule has 1 aromatic heterocycles. The van der Waals surface area contributed by atoms with E-state index < -0.39 is 16.1 Å². The molecule has 1 aromatic carbocycles. The van der Waals surface area contributed by atoms with Gasteiger partial charge in [-0.3, -0.25) is 4.79 Å². The number of fused-ring (bicyclic) bond motifs is 1. The van der Waals surface area contributed by atoms with Crippen molar-refractivity contribution in [3.8, 4) is 6.07 Å². The molecule has 0 aliphatic carbocycles. The van der Waals surface area contributed by atoms with Crippen molar-refractivity contribution < 1.29 is 23.1 Å². The summed E-state index contributed by atoms with van der Waals surface area (Å²) in [6.45, 7) is 4.44. The number of aromatic nitrogens is 3. The molecule has 1 N–H and O–H groups in total. The highest BCUT2D eigenvalue weighted by Gasteiger charge is 2.32. The predicted octanol–water partition coefficient (Wildman–Crippen LogP) is 0.995. The molecule has 0 bridgehead atoms. The number of sulfonamides is 1. The van der Waals surface area contributed by atoms with Crippen molar-refractivity contribution in [2.24, 2.45) is 5.92 Å². The van der Waals surface area contributed by atoms with Gasteiger partial charge >= 0.3 is 0 Å². The van der Waals surface area contributed by atoms with Gasteiger partial charge in [-0.15, -0.1) is 5.10 Å². The minimum absolute atomic E-state index is 0.000362. The van der Waals surface area contributed by atoms with Crippen molar-refractivity contribution in [3.63, 3.8) is 0 Å². The third-order valence-electron chi connectivity index (χ3n) is 6.27. The fourth-order valence-corrected chi connectivity index (χ4v) is 5.37. The summed E-state index contributed by atoms with van der Waals surface area (Å²) in [5.74, 6) is -0.358. The molecule has 0 saturated heterocycles. The van der Waals surface area contributed by atoms with Gasteiger partial charge in [0.1, 0.15) is 6.07 Å². The standard InChI is InChI=1S/C23H32N6O5S/c1-17-13-28(18(2)15-30)23(31)9-6-10-29-20(12-25-26-29)16-34-21(17)14-27(3)35(32,33)22-8-5-4-7-19(22)11-24/h4-5,7-8,12,17-18,21,30H,6,9-10,13-16H2,1-3H3/t17-,18-,21+/m0/s1. The van der Waals surface area contributed by atoms with Crippen molar-refractivity contribution in [2.75, 3.05) is 26.7 Å². The smallest absolute Gasteiger partial charge is 0.244 e. The molecule has 12 heteroatoms. The first-order valence-electron chi connectivity index (χ1n) is 11.5. The molecule has 0 spiro atoms. The average molecular weight is 505 g/mol. The molecule has 1 aliphatic rings. The minimum Gasteiger partial charge on any atom is -0.394 e. The number of aryl methyl sites for hydroxylation is 1. The first-order valence-corrected chi connectivity index (χ1v) is 13.0. The lowest BCUT2D eigenvalue weighted by Crippen LogP contribution is -2.48. The van der Waals surface area contributed by atoms with Crippen LogP contribution in [0.15, 0.2) is 35.4 Å². The Labute approximate surface area is 205 Å². The van der Waals surface area contributed by atoms with Gasteiger partial charge in [-0.1, -0.05) is 24.3 Å². The molecule has 2 aromatic rings. The highest BCUT2D eigenvalue weighted by molar-refractivity contribution is 7.89. The molecule has 0 saturated carbocycles. The van der Waals surface area contributed by atoms with Crippen LogP contribution in [0.5, 0.6) is 0 Å². The van der Waals surface area contributed by atoms with E-state index in [1.807, 2.05) is 13.0 Å². The lowest BCUT2D eigenvalue weighted by atomic mass is 10.0. The number of nitriles is 1. The Bertz CT molecular complexity index is 1160. The van der Waals surface area contributed by atoms with Crippen LogP contribution in [0, 0.1) is 17.2 Å². The van der Waals surface area contributed by atoms with Gasteiger partial charge in [0.05, 0.1) is 47.7 Å². The maximum absolute atomic E-state index is 13.3. The summed E-state index contributed by atoms with van der Waals surface area (Å²) in [5, 5.41) is 27.1. The zero-order valence-corrected chi connectivity index (χ0v) is 21.1. The van der Waals surface area contributed by atoms with E-state index in [9.17, 15) is 23.6 Å². The van der Waals surface area contributed by atoms with Crippen molar-refractivity contribution in [3.05, 3.63) is 41.7 Å². The second-order valence-corrected chi connectivity index (χ2v) is 10.9. The van der Waals surface area contributed by atoms with Gasteiger partial charge in [0, 0.05) is 39.0 Å². The number of nitrogens with zero attached hydrogens (tertiary/aromatic N) is 6. The molecule has 35 heavy (non-hydrogen) atoms. The van der Waals surface area contributed by atoms with Gasteiger partial charge in [0.15, 0.2) is 0 Å². The SMILES string of the molecule is C[C@H]1CN([C@@H](C)CO)C(=O)CCCn2nncc2CO[C@@H]1CN(C)S(=O)(=O)c1ccccc1C#N. The minimum atomic E-state index is -3.97. The van der Waals surface area contributed by atoms with Crippen LogP contribution >= 0.6 is 0 Å². The molecule has 11 nitrogen and oxygen atoms in total. The van der Waals surface area contributed by atoms with Crippen LogP contribution in [0.25, 0.3) is 0 Å². The number of carbonyl (C=O) groups is 1. The van der Waals surface area contributed by atoms with Crippen LogP contribution in [0.1, 0.15) is 37.9 Å². The van der Waals surface area contributed by atoms with Gasteiger partial charge in [-0.25, -0.2) is 13.1 Å². The molecule has 1 aliphatic heterocycles. The summed E-state index contributed by atoms with van der Waals surface area (Å²) in [7, 11) is -2.52. The Morgan fingerprint density at radius 3 is 2.83 bits per heavy atom. The normalized spacial score (nSPS) is 21.0. The van der Waals surface area contributed by atoms with Gasteiger partial charge in [0.25, 0.3) is 0 Å². The number of aliphatic hydroxyl groups is 1. The van der Waals surface area contributed by atoms with E-state index in [1.54, 1.807) is 34.8 Å². The third-order valence-corrected chi connectivity index (χ3v) is 8.15. The van der Waals surface area contributed by atoms with Crippen LogP contribution < -0.4 is 0 Å². The van der Waals surface area contributed by atoms with E-state index in [4.69, 9.17) is 4.74 Å². The fraction of sp³-hybridized carbons (Fsp3) is 0.565. The summed E-state index contributed by atoms with van der Waals surface area (Å²) in [4.78, 5) is 14.5. The number of carbonyl (C=O) groups excluding carboxylic acids is 1. The molecule has 190 valence electrons. The molecule has 3 atom stereocenters. The number of benzene rings is 1. The second-order valence-electron chi connectivity index (χ2n) is 8.85. The van der Waals surface area contributed by atoms with Crippen LogP contribution in [-0.4, -0.2) is 82.5 Å². The number of amides is 1. The van der Waals surface area contributed by atoms with Gasteiger partial charge < -0.3 is 14.7 Å². The maximum atomic E-state index is 13.3. The molecule has 0 radical (unpaired) electrons. The van der Waals surface area contributed by atoms with Crippen LogP contribution in [0.3, 0.4) is 0 Å². The number of hydrogen-bond donors (Lipinski definition) is 1. The predicted molar refractivity (Wildman–Crippen MR) is 126 cm³/mol. The topological polar surface area (TPSA) is 142 Å². The largest absolute Gasteiger partial charge is 0.394 e. The van der Waals surface area contributed by atoms with Crippen LogP contribution in [0.2, 0.25) is 0 Å². The summed E-state index contributed by atoms with van der Waals surface area (Å²) in [5.41, 5.74) is 0.798. The van der Waals surface area contributed by atoms with E-state index in [0.29, 0.717) is 25.9 Å². The number of hydrogen-bond acceptors (Lipinski definition) is 8. The summed E-state index contributed by atoms with van der Waals surface area (Å²) >= 11 is 0. The van der Waals surface area contributed by atoms with Gasteiger partial charge in [-0.2, -0.15) is 9.57 Å². The van der Waals surface area contributed by atoms with Crippen molar-refractivity contribution in [1.82, 2.24) is 24.2 Å². The average Bonchev–Trinajstić information content (AvgIpc) is 3.30. The highest BCUT2D eigenvalue weighted by Crippen LogP contribution is 2.22. The molecular weight excluding hydrogens is 472 g/mol. The monoisotopic (exact) mass is 504 g/mol. The van der Waals surface area contributed by atoms with E-state index in [0.717, 1.165) is 5.69 Å². The Balaban J connectivity index is 1.90. The number of aliphatic hydroxyl groups excluding tert-OH is 1. The van der Waals surface area contributed by atoms with Crippen molar-refractivity contribution in [2.45, 2.75) is 56.9 Å². The van der Waals surface area contributed by atoms with Crippen molar-refractivity contribution in [1.29, 1.82) is 5.26 Å². The number of rotatable bonds is 6. The lowest BCUT2D eigenvalue weighted by Gasteiger charge is -2.35. The van der Waals surface area contributed by atoms with Crippen LogP contribution in [0.4, 0.5) is 0 Å². The molecular formula is C23H32N6O5S. The van der Waals surface area contributed by atoms with Crippen LogP contribution in [-0.2, 0) is 32.7 Å². The van der Waals surface area contributed by atoms with Crippen molar-refractivity contribution >= 4 is 15.9 Å². The van der Waals surface area contributed by atoms with E-state index in [-0.39, 0.29) is 48.1 Å². The van der Waals surface area contributed by atoms with E-state index in [1.165, 1.54) is 23.5 Å². The number of ether oxygens (including phenoxy) is 1. The molecule has 0 fully saturated rings. The Hall–Kier alpha value is -2.85. The molecule has 0 unspecified atom stereocenters. The first kappa shape index (κ1) is 26.7. The quantitative estimate of drug-likeness (QED) is 0.614. The molecule has 3 rings (SSSR count). The second kappa shape index (κ2) is 11.7. The zero-order valence-electron chi connectivity index (χ0n) is 20.2. The summed E-state index contributed by atoms with van der Waals surface area (Å²) in [6, 6.07) is 7.60. The number of likely N-dealkylation sites (N-methyl/N-ethyl adjacent to an activating group) is 1. The first-order chi connectivity index (χ1) is 16.7. The molecule has 2 heterocycles. The van der Waals surface area contributed by atoms with E-state index in [2.05, 4.69) is 10.3 Å². The van der Waals surface area contributed by atoms with Gasteiger partial charge in [0.2, 0.25) is 15.9 Å². The zero-order chi connectivity index (χ0) is 25.6. The lowest BCUT2D eigenvalue weighted by molar-refractivity contribution is -0.136. The van der Waals surface area contributed by atoms with Gasteiger partial charge in [-0.05, 0) is 25.5 Å². The summed E-state index contributed by atoms with van der Waals surface area (Å²) in [6.07, 6.45) is 1.87. The third kappa shape index (κ3) is 6.24. The summed E-state index contributed by atoms with van der Waals surface area (Å²) < 4.78 is 35.6. The fourth-order valence-electron chi connectivity index (χ4n) is 4.05. The highest BCUT2D eigenvalue weighted by atomic mass is 32.2. The Morgan fingerprint density at radius 1 is 1.37 bits per heavy atom. The maximum Gasteiger partial charge on any atom is 0.244 e. The Morgan fingerprint density at radius 2 is 2.11 bits per heavy atom. The Kier molecular flexibility index (Phi) is 8.96.